The lowest BCUT2D eigenvalue weighted by Gasteiger charge is -2.36. The number of ether oxygens (including phenoxy) is 3. The van der Waals surface area contributed by atoms with Gasteiger partial charge in [-0.1, -0.05) is 56.7 Å². The summed E-state index contributed by atoms with van der Waals surface area (Å²) in [6, 6.07) is 14.8. The van der Waals surface area contributed by atoms with Crippen molar-refractivity contribution in [3.8, 4) is 5.75 Å². The van der Waals surface area contributed by atoms with Crippen molar-refractivity contribution in [1.29, 1.82) is 0 Å². The summed E-state index contributed by atoms with van der Waals surface area (Å²) in [5, 5.41) is 0. The summed E-state index contributed by atoms with van der Waals surface area (Å²) in [6.07, 6.45) is 4.22. The van der Waals surface area contributed by atoms with Crippen molar-refractivity contribution in [2.45, 2.75) is 64.8 Å². The van der Waals surface area contributed by atoms with Crippen molar-refractivity contribution >= 4 is 5.91 Å². The van der Waals surface area contributed by atoms with Crippen LogP contribution in [0.25, 0.3) is 0 Å². The summed E-state index contributed by atoms with van der Waals surface area (Å²) < 4.78 is 17.4. The van der Waals surface area contributed by atoms with Crippen LogP contribution in [0.15, 0.2) is 42.5 Å². The van der Waals surface area contributed by atoms with Crippen LogP contribution in [0.5, 0.6) is 5.75 Å². The number of carbonyl (C=O) groups excluding carboxylic acids is 1. The molecule has 0 spiro atoms. The maximum atomic E-state index is 13.7. The van der Waals surface area contributed by atoms with E-state index in [2.05, 4.69) is 43.0 Å². The number of morpholine rings is 1. The molecule has 1 fully saturated rings. The second-order valence-electron chi connectivity index (χ2n) is 10.5. The zero-order valence-corrected chi connectivity index (χ0v) is 22.4. The van der Waals surface area contributed by atoms with Crippen LogP contribution < -0.4 is 4.74 Å². The van der Waals surface area contributed by atoms with E-state index in [1.54, 1.807) is 14.2 Å². The van der Waals surface area contributed by atoms with E-state index in [1.807, 2.05) is 23.1 Å². The number of aryl methyl sites for hydroxylation is 1. The lowest BCUT2D eigenvalue weighted by atomic mass is 9.97. The number of para-hydroxylation sites is 1. The van der Waals surface area contributed by atoms with E-state index in [0.717, 1.165) is 42.8 Å². The number of rotatable bonds is 9. The lowest BCUT2D eigenvalue weighted by molar-refractivity contribution is -0.151. The summed E-state index contributed by atoms with van der Waals surface area (Å²) in [5.41, 5.74) is 4.96. The van der Waals surface area contributed by atoms with Crippen molar-refractivity contribution in [2.75, 3.05) is 40.5 Å². The fourth-order valence-electron chi connectivity index (χ4n) is 5.48. The normalized spacial score (nSPS) is 20.6. The number of methoxy groups -OCH3 is 2. The minimum atomic E-state index is -0.459. The summed E-state index contributed by atoms with van der Waals surface area (Å²) in [5.74, 6) is 1.33. The highest BCUT2D eigenvalue weighted by Gasteiger charge is 2.31. The van der Waals surface area contributed by atoms with Gasteiger partial charge in [0.1, 0.15) is 11.9 Å². The molecule has 6 nitrogen and oxygen atoms in total. The van der Waals surface area contributed by atoms with Crippen LogP contribution in [0, 0.1) is 5.92 Å². The van der Waals surface area contributed by atoms with Gasteiger partial charge in [0.2, 0.25) is 0 Å². The van der Waals surface area contributed by atoms with Gasteiger partial charge in [-0.3, -0.25) is 9.69 Å². The zero-order valence-electron chi connectivity index (χ0n) is 22.4. The molecule has 196 valence electrons. The van der Waals surface area contributed by atoms with Crippen molar-refractivity contribution in [1.82, 2.24) is 9.80 Å². The third-order valence-corrected chi connectivity index (χ3v) is 7.29. The van der Waals surface area contributed by atoms with Crippen molar-refractivity contribution in [3.63, 3.8) is 0 Å². The molecule has 0 aromatic heterocycles. The highest BCUT2D eigenvalue weighted by Crippen LogP contribution is 2.32. The molecule has 1 saturated heterocycles. The number of carbonyl (C=O) groups is 1. The Morgan fingerprint density at radius 1 is 1.17 bits per heavy atom. The van der Waals surface area contributed by atoms with Gasteiger partial charge in [0.15, 0.2) is 0 Å². The molecule has 6 heteroatoms. The molecule has 0 saturated carbocycles. The largest absolute Gasteiger partial charge is 0.496 e. The Morgan fingerprint density at radius 2 is 2.00 bits per heavy atom. The SMILES string of the molecule is COc1ccccc1CN1CCOC(C(=O)N(Cc2ccc3c(c2)C(OC)CCCC3)CC(C)C)C1. The minimum Gasteiger partial charge on any atom is -0.496 e. The van der Waals surface area contributed by atoms with Crippen LogP contribution in [0.3, 0.4) is 0 Å². The number of fused-ring (bicyclic) bond motifs is 1. The molecular formula is C30H42N2O4. The van der Waals surface area contributed by atoms with Gasteiger partial charge in [-0.2, -0.15) is 0 Å². The van der Waals surface area contributed by atoms with Gasteiger partial charge < -0.3 is 19.1 Å². The summed E-state index contributed by atoms with van der Waals surface area (Å²) >= 11 is 0. The molecule has 2 aliphatic rings. The topological polar surface area (TPSA) is 51.2 Å². The molecule has 0 N–H and O–H groups in total. The Balaban J connectivity index is 1.47. The van der Waals surface area contributed by atoms with E-state index < -0.39 is 6.10 Å². The first kappa shape index (κ1) is 26.6. The smallest absolute Gasteiger partial charge is 0.253 e. The quantitative estimate of drug-likeness (QED) is 0.460. The molecule has 1 aliphatic heterocycles. The molecular weight excluding hydrogens is 452 g/mol. The van der Waals surface area contributed by atoms with Crippen LogP contribution in [0.4, 0.5) is 0 Å². The van der Waals surface area contributed by atoms with Crippen LogP contribution in [-0.2, 0) is 33.8 Å². The van der Waals surface area contributed by atoms with E-state index in [9.17, 15) is 4.79 Å². The Morgan fingerprint density at radius 3 is 2.78 bits per heavy atom. The highest BCUT2D eigenvalue weighted by atomic mass is 16.5. The van der Waals surface area contributed by atoms with Gasteiger partial charge in [-0.25, -0.2) is 0 Å². The van der Waals surface area contributed by atoms with E-state index in [1.165, 1.54) is 24.0 Å². The van der Waals surface area contributed by atoms with Crippen molar-refractivity contribution in [3.05, 3.63) is 64.7 Å². The van der Waals surface area contributed by atoms with Crippen molar-refractivity contribution in [2.24, 2.45) is 5.92 Å². The summed E-state index contributed by atoms with van der Waals surface area (Å²) in [6.45, 7) is 8.29. The second kappa shape index (κ2) is 12.7. The summed E-state index contributed by atoms with van der Waals surface area (Å²) in [4.78, 5) is 18.0. The zero-order chi connectivity index (χ0) is 25.5. The monoisotopic (exact) mass is 494 g/mol. The molecule has 2 aromatic carbocycles. The molecule has 0 bridgehead atoms. The molecule has 2 aromatic rings. The summed E-state index contributed by atoms with van der Waals surface area (Å²) in [7, 11) is 3.50. The third-order valence-electron chi connectivity index (χ3n) is 7.29. The van der Waals surface area contributed by atoms with E-state index in [4.69, 9.17) is 14.2 Å². The average Bonchev–Trinajstić information content (AvgIpc) is 3.10. The van der Waals surface area contributed by atoms with Crippen LogP contribution in [0.1, 0.15) is 61.5 Å². The van der Waals surface area contributed by atoms with E-state index in [-0.39, 0.29) is 12.0 Å². The Hall–Kier alpha value is -2.41. The molecule has 2 unspecified atom stereocenters. The van der Waals surface area contributed by atoms with Gasteiger partial charge in [-0.15, -0.1) is 0 Å². The first-order valence-electron chi connectivity index (χ1n) is 13.4. The minimum absolute atomic E-state index is 0.0756. The van der Waals surface area contributed by atoms with Crippen LogP contribution >= 0.6 is 0 Å². The first-order chi connectivity index (χ1) is 17.5. The number of amides is 1. The Kier molecular flexibility index (Phi) is 9.41. The number of nitrogens with zero attached hydrogens (tertiary/aromatic N) is 2. The highest BCUT2D eigenvalue weighted by molar-refractivity contribution is 5.81. The van der Waals surface area contributed by atoms with Gasteiger partial charge in [0.05, 0.1) is 19.8 Å². The average molecular weight is 495 g/mol. The predicted molar refractivity (Wildman–Crippen MR) is 142 cm³/mol. The Labute approximate surface area is 216 Å². The maximum Gasteiger partial charge on any atom is 0.253 e. The number of hydrogen-bond acceptors (Lipinski definition) is 5. The van der Waals surface area contributed by atoms with E-state index in [0.29, 0.717) is 32.2 Å². The fourth-order valence-corrected chi connectivity index (χ4v) is 5.48. The van der Waals surface area contributed by atoms with Gasteiger partial charge >= 0.3 is 0 Å². The van der Waals surface area contributed by atoms with Crippen molar-refractivity contribution < 1.29 is 19.0 Å². The van der Waals surface area contributed by atoms with Crippen LogP contribution in [0.2, 0.25) is 0 Å². The first-order valence-corrected chi connectivity index (χ1v) is 13.4. The Bertz CT molecular complexity index is 1010. The number of hydrogen-bond donors (Lipinski definition) is 0. The van der Waals surface area contributed by atoms with Gasteiger partial charge in [-0.05, 0) is 47.9 Å². The van der Waals surface area contributed by atoms with Crippen LogP contribution in [-0.4, -0.2) is 62.3 Å². The second-order valence-corrected chi connectivity index (χ2v) is 10.5. The lowest BCUT2D eigenvalue weighted by Crippen LogP contribution is -2.51. The predicted octanol–water partition coefficient (Wildman–Crippen LogP) is 4.99. The fraction of sp³-hybridized carbons (Fsp3) is 0.567. The van der Waals surface area contributed by atoms with E-state index >= 15 is 0 Å². The number of benzene rings is 2. The molecule has 0 radical (unpaired) electrons. The maximum absolute atomic E-state index is 13.7. The van der Waals surface area contributed by atoms with Gasteiger partial charge in [0.25, 0.3) is 5.91 Å². The molecule has 4 rings (SSSR count). The molecule has 36 heavy (non-hydrogen) atoms. The molecule has 1 aliphatic carbocycles. The molecule has 1 heterocycles. The molecule has 2 atom stereocenters. The third kappa shape index (κ3) is 6.67. The van der Waals surface area contributed by atoms with Gasteiger partial charge in [0, 0.05) is 45.4 Å². The molecule has 1 amide bonds. The standard InChI is InChI=1S/C30H42N2O4/c1-22(2)18-32(19-23-13-14-24-9-5-8-12-28(35-4)26(24)17-23)30(33)29-21-31(15-16-36-29)20-25-10-6-7-11-27(25)34-3/h6-7,10-11,13-14,17,22,28-29H,5,8-9,12,15-16,18-21H2,1-4H3.